The molecular weight excluding hydrogens is 280 g/mol. The predicted molar refractivity (Wildman–Crippen MR) is 90.6 cm³/mol. The third kappa shape index (κ3) is 1.44. The third-order valence-electron chi connectivity index (χ3n) is 8.46. The highest BCUT2D eigenvalue weighted by Gasteiger charge is 2.63. The van der Waals surface area contributed by atoms with Gasteiger partial charge in [-0.15, -0.1) is 0 Å². The quantitative estimate of drug-likeness (QED) is 0.585. The number of hydrogen-bond acceptors (Lipinski definition) is 1. The largest absolute Gasteiger partial charge is 0.294 e. The van der Waals surface area contributed by atoms with Crippen molar-refractivity contribution >= 4 is 5.78 Å². The summed E-state index contributed by atoms with van der Waals surface area (Å²) in [5.41, 5.74) is 4.23. The molecule has 0 aliphatic heterocycles. The zero-order valence-electron chi connectivity index (χ0n) is 13.8. The fourth-order valence-corrected chi connectivity index (χ4v) is 7.89. The standard InChI is InChI=1S/C22H26O/c23-17-10-8-14-7-9-16(17)21-19(14)18-13-3-5-15(6-4-13)20(18)22(21)11-1-2-12-22/h7-10,13-16,19,21H,1-6,11-12H2. The van der Waals surface area contributed by atoms with E-state index in [1.165, 1.54) is 51.4 Å². The molecule has 2 saturated carbocycles. The van der Waals surface area contributed by atoms with E-state index in [0.717, 1.165) is 11.8 Å². The van der Waals surface area contributed by atoms with Gasteiger partial charge >= 0.3 is 0 Å². The Labute approximate surface area is 138 Å². The van der Waals surface area contributed by atoms with Crippen LogP contribution in [0.2, 0.25) is 0 Å². The smallest absolute Gasteiger partial charge is 0.162 e. The Balaban J connectivity index is 1.61. The maximum Gasteiger partial charge on any atom is 0.162 e. The first-order valence-electron chi connectivity index (χ1n) is 9.94. The minimum Gasteiger partial charge on any atom is -0.294 e. The number of ketones is 1. The molecule has 0 radical (unpaired) electrons. The van der Waals surface area contributed by atoms with Crippen molar-refractivity contribution in [3.8, 4) is 0 Å². The summed E-state index contributed by atoms with van der Waals surface area (Å²) in [5, 5.41) is 0. The second kappa shape index (κ2) is 4.29. The molecule has 4 unspecified atom stereocenters. The summed E-state index contributed by atoms with van der Waals surface area (Å²) in [5.74, 6) is 4.10. The highest BCUT2D eigenvalue weighted by atomic mass is 16.1. The highest BCUT2D eigenvalue weighted by molar-refractivity contribution is 5.94. The molecule has 8 aliphatic rings. The van der Waals surface area contributed by atoms with E-state index >= 15 is 0 Å². The number of fused-ring (bicyclic) bond motifs is 3. The molecule has 0 amide bonds. The zero-order valence-corrected chi connectivity index (χ0v) is 13.8. The molecule has 0 aromatic heterocycles. The zero-order chi connectivity index (χ0) is 15.2. The Morgan fingerprint density at radius 1 is 0.913 bits per heavy atom. The van der Waals surface area contributed by atoms with Crippen molar-refractivity contribution in [2.45, 2.75) is 51.4 Å². The Morgan fingerprint density at radius 3 is 2.43 bits per heavy atom. The summed E-state index contributed by atoms with van der Waals surface area (Å²) in [4.78, 5) is 12.8. The van der Waals surface area contributed by atoms with Gasteiger partial charge in [-0.1, -0.05) is 42.2 Å². The van der Waals surface area contributed by atoms with Crippen LogP contribution >= 0.6 is 0 Å². The lowest BCUT2D eigenvalue weighted by Crippen LogP contribution is -2.40. The van der Waals surface area contributed by atoms with E-state index in [4.69, 9.17) is 0 Å². The predicted octanol–water partition coefficient (Wildman–Crippen LogP) is 4.85. The fraction of sp³-hybridized carbons (Fsp3) is 0.682. The maximum atomic E-state index is 12.8. The lowest BCUT2D eigenvalue weighted by atomic mass is 9.59. The van der Waals surface area contributed by atoms with Crippen LogP contribution in [0.1, 0.15) is 51.4 Å². The second-order valence-corrected chi connectivity index (χ2v) is 9.08. The first kappa shape index (κ1) is 13.2. The van der Waals surface area contributed by atoms with Gasteiger partial charge in [0.2, 0.25) is 0 Å². The fourth-order valence-electron chi connectivity index (χ4n) is 7.89. The Bertz CT molecular complexity index is 664. The Morgan fingerprint density at radius 2 is 1.65 bits per heavy atom. The van der Waals surface area contributed by atoms with Gasteiger partial charge in [0.15, 0.2) is 5.78 Å². The minimum atomic E-state index is 0.179. The lowest BCUT2D eigenvalue weighted by Gasteiger charge is -2.45. The van der Waals surface area contributed by atoms with Crippen molar-refractivity contribution in [3.05, 3.63) is 35.5 Å². The summed E-state index contributed by atoms with van der Waals surface area (Å²) in [6, 6.07) is 0. The van der Waals surface area contributed by atoms with Crippen LogP contribution in [-0.4, -0.2) is 5.78 Å². The van der Waals surface area contributed by atoms with Gasteiger partial charge in [0.25, 0.3) is 0 Å². The van der Waals surface area contributed by atoms with Gasteiger partial charge in [-0.3, -0.25) is 4.79 Å². The summed E-state index contributed by atoms with van der Waals surface area (Å²) in [7, 11) is 0. The number of allylic oxidation sites excluding steroid dienone is 6. The molecule has 0 heterocycles. The monoisotopic (exact) mass is 306 g/mol. The molecule has 0 N–H and O–H groups in total. The van der Waals surface area contributed by atoms with Crippen LogP contribution in [0, 0.1) is 40.9 Å². The van der Waals surface area contributed by atoms with Crippen LogP contribution in [0.4, 0.5) is 0 Å². The van der Waals surface area contributed by atoms with Crippen molar-refractivity contribution in [1.82, 2.24) is 0 Å². The van der Waals surface area contributed by atoms with Crippen LogP contribution in [-0.2, 0) is 4.79 Å². The van der Waals surface area contributed by atoms with E-state index in [-0.39, 0.29) is 5.92 Å². The molecule has 4 bridgehead atoms. The molecule has 8 rings (SSSR count). The van der Waals surface area contributed by atoms with Crippen molar-refractivity contribution in [2.24, 2.45) is 40.9 Å². The summed E-state index contributed by atoms with van der Waals surface area (Å²) in [6.45, 7) is 0. The van der Waals surface area contributed by atoms with Crippen molar-refractivity contribution in [2.75, 3.05) is 0 Å². The van der Waals surface area contributed by atoms with Gasteiger partial charge in [0, 0.05) is 11.8 Å². The van der Waals surface area contributed by atoms with E-state index < -0.39 is 0 Å². The van der Waals surface area contributed by atoms with E-state index in [1.54, 1.807) is 0 Å². The molecule has 120 valence electrons. The minimum absolute atomic E-state index is 0.179. The van der Waals surface area contributed by atoms with Gasteiger partial charge in [-0.2, -0.15) is 0 Å². The highest BCUT2D eigenvalue weighted by Crippen LogP contribution is 2.71. The van der Waals surface area contributed by atoms with Gasteiger partial charge in [0.05, 0.1) is 0 Å². The molecule has 0 aromatic carbocycles. The van der Waals surface area contributed by atoms with Gasteiger partial charge in [0.1, 0.15) is 0 Å². The van der Waals surface area contributed by atoms with Crippen molar-refractivity contribution in [1.29, 1.82) is 0 Å². The average molecular weight is 306 g/mol. The molecular formula is C22H26O. The van der Waals surface area contributed by atoms with E-state index in [0.29, 0.717) is 29.0 Å². The molecule has 4 atom stereocenters. The van der Waals surface area contributed by atoms with Crippen LogP contribution in [0.15, 0.2) is 35.5 Å². The third-order valence-corrected chi connectivity index (χ3v) is 8.46. The van der Waals surface area contributed by atoms with E-state index in [1.807, 2.05) is 17.2 Å². The number of carbonyl (C=O) groups excluding carboxylic acids is 1. The summed E-state index contributed by atoms with van der Waals surface area (Å²) >= 11 is 0. The summed E-state index contributed by atoms with van der Waals surface area (Å²) in [6.07, 6.45) is 20.1. The molecule has 0 aromatic rings. The maximum absolute atomic E-state index is 12.8. The van der Waals surface area contributed by atoms with Crippen LogP contribution in [0.5, 0.6) is 0 Å². The van der Waals surface area contributed by atoms with Gasteiger partial charge < -0.3 is 0 Å². The van der Waals surface area contributed by atoms with Crippen molar-refractivity contribution < 1.29 is 4.79 Å². The van der Waals surface area contributed by atoms with E-state index in [2.05, 4.69) is 18.2 Å². The lowest BCUT2D eigenvalue weighted by molar-refractivity contribution is -0.120. The van der Waals surface area contributed by atoms with E-state index in [9.17, 15) is 4.79 Å². The molecule has 1 heteroatoms. The molecule has 1 spiro atoms. The molecule has 1 nitrogen and oxygen atoms in total. The summed E-state index contributed by atoms with van der Waals surface area (Å²) < 4.78 is 0. The molecule has 23 heavy (non-hydrogen) atoms. The first-order chi connectivity index (χ1) is 11.3. The second-order valence-electron chi connectivity index (χ2n) is 9.08. The molecule has 8 aliphatic carbocycles. The molecule has 2 fully saturated rings. The topological polar surface area (TPSA) is 17.1 Å². The van der Waals surface area contributed by atoms with Gasteiger partial charge in [-0.25, -0.2) is 0 Å². The number of carbonyl (C=O) groups is 1. The number of hydrogen-bond donors (Lipinski definition) is 0. The first-order valence-corrected chi connectivity index (χ1v) is 9.94. The van der Waals surface area contributed by atoms with Crippen molar-refractivity contribution in [3.63, 3.8) is 0 Å². The Hall–Kier alpha value is -1.11. The number of rotatable bonds is 0. The van der Waals surface area contributed by atoms with Crippen LogP contribution < -0.4 is 0 Å². The SMILES string of the molecule is O=C1C=CC2C=CC1C1C2C2=C(C3CCC2CC3)C12CCCC2. The van der Waals surface area contributed by atoms with Crippen LogP contribution in [0.25, 0.3) is 0 Å². The average Bonchev–Trinajstić information content (AvgIpc) is 3.12. The van der Waals surface area contributed by atoms with Crippen LogP contribution in [0.3, 0.4) is 0 Å². The van der Waals surface area contributed by atoms with Gasteiger partial charge in [-0.05, 0) is 73.7 Å². The Kier molecular flexibility index (Phi) is 2.46. The molecule has 0 saturated heterocycles. The normalized spacial score (nSPS) is 48.3.